The first-order valence-electron chi connectivity index (χ1n) is 11.1. The normalized spacial score (nSPS) is 16.2. The molecule has 0 radical (unpaired) electrons. The second-order valence-corrected chi connectivity index (χ2v) is 9.11. The highest BCUT2D eigenvalue weighted by Gasteiger charge is 2.26. The number of thiazole rings is 1. The Hall–Kier alpha value is -3.37. The Bertz CT molecular complexity index is 1300. The van der Waals surface area contributed by atoms with Crippen molar-refractivity contribution >= 4 is 39.0 Å². The molecule has 9 nitrogen and oxygen atoms in total. The van der Waals surface area contributed by atoms with Crippen molar-refractivity contribution in [1.29, 1.82) is 0 Å². The van der Waals surface area contributed by atoms with E-state index < -0.39 is 0 Å². The Morgan fingerprint density at radius 1 is 1.15 bits per heavy atom. The summed E-state index contributed by atoms with van der Waals surface area (Å²) in [5.41, 5.74) is 2.82. The molecule has 5 heterocycles. The first kappa shape index (κ1) is 20.3. The molecule has 6 rings (SSSR count). The SMILES string of the molecule is COc1cncc2nc(-c3ccnc(Nc4nc(C5CC5)cs4)c3)nc(N3CCNCC3)c12. The van der Waals surface area contributed by atoms with Crippen LogP contribution in [0.4, 0.5) is 16.8 Å². The van der Waals surface area contributed by atoms with E-state index in [4.69, 9.17) is 19.7 Å². The zero-order valence-electron chi connectivity index (χ0n) is 18.3. The molecule has 0 amide bonds. The summed E-state index contributed by atoms with van der Waals surface area (Å²) < 4.78 is 5.60. The Kier molecular flexibility index (Phi) is 5.23. The molecule has 33 heavy (non-hydrogen) atoms. The quantitative estimate of drug-likeness (QED) is 0.447. The zero-order valence-corrected chi connectivity index (χ0v) is 19.1. The van der Waals surface area contributed by atoms with E-state index in [-0.39, 0.29) is 0 Å². The molecule has 168 valence electrons. The number of aromatic nitrogens is 5. The molecule has 4 aromatic rings. The molecule has 0 unspecified atom stereocenters. The number of nitrogens with one attached hydrogen (secondary N) is 2. The van der Waals surface area contributed by atoms with E-state index in [1.54, 1.807) is 37.0 Å². The zero-order chi connectivity index (χ0) is 22.2. The smallest absolute Gasteiger partial charge is 0.188 e. The van der Waals surface area contributed by atoms with E-state index in [1.807, 2.05) is 12.1 Å². The van der Waals surface area contributed by atoms with Crippen LogP contribution >= 0.6 is 11.3 Å². The van der Waals surface area contributed by atoms with E-state index >= 15 is 0 Å². The summed E-state index contributed by atoms with van der Waals surface area (Å²) in [5.74, 6) is 3.54. The van der Waals surface area contributed by atoms with Crippen molar-refractivity contribution in [3.8, 4) is 17.1 Å². The van der Waals surface area contributed by atoms with Gasteiger partial charge < -0.3 is 20.3 Å². The molecular weight excluding hydrogens is 436 g/mol. The third-order valence-corrected chi connectivity index (χ3v) is 6.74. The summed E-state index contributed by atoms with van der Waals surface area (Å²) in [5, 5.41) is 10.6. The van der Waals surface area contributed by atoms with Crippen molar-refractivity contribution in [3.63, 3.8) is 0 Å². The number of pyridine rings is 2. The van der Waals surface area contributed by atoms with Gasteiger partial charge in [0.2, 0.25) is 0 Å². The number of fused-ring (bicyclic) bond motifs is 1. The summed E-state index contributed by atoms with van der Waals surface area (Å²) in [7, 11) is 1.65. The number of nitrogens with zero attached hydrogens (tertiary/aromatic N) is 6. The van der Waals surface area contributed by atoms with Crippen LogP contribution in [0.5, 0.6) is 5.75 Å². The molecule has 0 spiro atoms. The minimum absolute atomic E-state index is 0.634. The second kappa shape index (κ2) is 8.53. The third kappa shape index (κ3) is 4.07. The van der Waals surface area contributed by atoms with E-state index in [0.717, 1.165) is 59.4 Å². The summed E-state index contributed by atoms with van der Waals surface area (Å²) in [6.45, 7) is 3.56. The number of methoxy groups -OCH3 is 1. The van der Waals surface area contributed by atoms with Gasteiger partial charge in [-0.2, -0.15) is 0 Å². The number of piperazine rings is 1. The Morgan fingerprint density at radius 3 is 2.85 bits per heavy atom. The number of rotatable bonds is 6. The molecule has 1 aliphatic carbocycles. The van der Waals surface area contributed by atoms with E-state index in [2.05, 4.69) is 30.9 Å². The lowest BCUT2D eigenvalue weighted by atomic mass is 10.2. The topological polar surface area (TPSA) is 101 Å². The van der Waals surface area contributed by atoms with Gasteiger partial charge in [-0.1, -0.05) is 0 Å². The Morgan fingerprint density at radius 2 is 2.03 bits per heavy atom. The minimum atomic E-state index is 0.634. The van der Waals surface area contributed by atoms with Crippen molar-refractivity contribution in [1.82, 2.24) is 30.2 Å². The van der Waals surface area contributed by atoms with Crippen LogP contribution in [0.15, 0.2) is 36.1 Å². The Balaban J connectivity index is 1.38. The highest BCUT2D eigenvalue weighted by molar-refractivity contribution is 7.13. The lowest BCUT2D eigenvalue weighted by molar-refractivity contribution is 0.418. The predicted molar refractivity (Wildman–Crippen MR) is 130 cm³/mol. The molecule has 1 saturated heterocycles. The largest absolute Gasteiger partial charge is 0.494 e. The number of ether oxygens (including phenoxy) is 1. The number of anilines is 3. The van der Waals surface area contributed by atoms with Gasteiger partial charge in [0.1, 0.15) is 17.4 Å². The maximum Gasteiger partial charge on any atom is 0.188 e. The van der Waals surface area contributed by atoms with Crippen molar-refractivity contribution in [2.75, 3.05) is 43.5 Å². The van der Waals surface area contributed by atoms with Crippen molar-refractivity contribution in [2.45, 2.75) is 18.8 Å². The fourth-order valence-electron chi connectivity index (χ4n) is 4.08. The molecule has 0 bridgehead atoms. The maximum atomic E-state index is 5.60. The molecule has 1 aliphatic heterocycles. The minimum Gasteiger partial charge on any atom is -0.494 e. The van der Waals surface area contributed by atoms with Gasteiger partial charge in [-0.25, -0.2) is 19.9 Å². The molecule has 1 saturated carbocycles. The molecule has 2 N–H and O–H groups in total. The van der Waals surface area contributed by atoms with Gasteiger partial charge in [-0.3, -0.25) is 4.98 Å². The highest BCUT2D eigenvalue weighted by atomic mass is 32.1. The Labute approximate surface area is 195 Å². The van der Waals surface area contributed by atoms with Crippen LogP contribution in [-0.2, 0) is 0 Å². The molecule has 2 aliphatic rings. The average Bonchev–Trinajstić information content (AvgIpc) is 3.62. The van der Waals surface area contributed by atoms with E-state index in [0.29, 0.717) is 17.5 Å². The summed E-state index contributed by atoms with van der Waals surface area (Å²) in [4.78, 5) is 25.6. The molecule has 0 aromatic carbocycles. The number of hydrogen-bond donors (Lipinski definition) is 2. The van der Waals surface area contributed by atoms with Gasteiger partial charge in [0.05, 0.1) is 36.1 Å². The lowest BCUT2D eigenvalue weighted by Crippen LogP contribution is -2.44. The van der Waals surface area contributed by atoms with Gasteiger partial charge in [0.25, 0.3) is 0 Å². The van der Waals surface area contributed by atoms with E-state index in [9.17, 15) is 0 Å². The van der Waals surface area contributed by atoms with Crippen LogP contribution in [0.1, 0.15) is 24.5 Å². The molecule has 2 fully saturated rings. The van der Waals surface area contributed by atoms with Gasteiger partial charge >= 0.3 is 0 Å². The molecular formula is C23H24N8OS. The first-order chi connectivity index (χ1) is 16.3. The fraction of sp³-hybridized carbons (Fsp3) is 0.348. The number of hydrogen-bond acceptors (Lipinski definition) is 10. The molecule has 0 atom stereocenters. The van der Waals surface area contributed by atoms with Crippen molar-refractivity contribution in [3.05, 3.63) is 41.8 Å². The molecule has 4 aromatic heterocycles. The predicted octanol–water partition coefficient (Wildman–Crippen LogP) is 3.58. The summed E-state index contributed by atoms with van der Waals surface area (Å²) in [6, 6.07) is 3.90. The van der Waals surface area contributed by atoms with Crippen LogP contribution in [0.25, 0.3) is 22.3 Å². The standard InChI is InChI=1S/C23H24N8OS/c1-32-18-12-25-11-16-20(18)22(31-8-6-24-7-9-31)30-21(27-16)15-4-5-26-19(10-15)29-23-28-17(13-33-23)14-2-3-14/h4-5,10-14,24H,2-3,6-9H2,1H3,(H,26,28,29). The van der Waals surface area contributed by atoms with Gasteiger partial charge in [-0.15, -0.1) is 11.3 Å². The van der Waals surface area contributed by atoms with Gasteiger partial charge in [0, 0.05) is 49.2 Å². The summed E-state index contributed by atoms with van der Waals surface area (Å²) >= 11 is 1.61. The summed E-state index contributed by atoms with van der Waals surface area (Å²) in [6.07, 6.45) is 7.74. The van der Waals surface area contributed by atoms with Crippen LogP contribution in [0.2, 0.25) is 0 Å². The first-order valence-corrected chi connectivity index (χ1v) is 12.0. The van der Waals surface area contributed by atoms with E-state index in [1.165, 1.54) is 18.5 Å². The van der Waals surface area contributed by atoms with Crippen LogP contribution in [0, 0.1) is 0 Å². The van der Waals surface area contributed by atoms with Crippen LogP contribution in [-0.4, -0.2) is 58.2 Å². The van der Waals surface area contributed by atoms with Gasteiger partial charge in [0.15, 0.2) is 11.0 Å². The van der Waals surface area contributed by atoms with Crippen LogP contribution in [0.3, 0.4) is 0 Å². The van der Waals surface area contributed by atoms with Gasteiger partial charge in [-0.05, 0) is 25.0 Å². The van der Waals surface area contributed by atoms with Crippen molar-refractivity contribution < 1.29 is 4.74 Å². The lowest BCUT2D eigenvalue weighted by Gasteiger charge is -2.29. The monoisotopic (exact) mass is 460 g/mol. The highest BCUT2D eigenvalue weighted by Crippen LogP contribution is 2.41. The molecule has 10 heteroatoms. The fourth-order valence-corrected chi connectivity index (χ4v) is 4.88. The van der Waals surface area contributed by atoms with Crippen LogP contribution < -0.4 is 20.3 Å². The maximum absolute atomic E-state index is 5.60. The average molecular weight is 461 g/mol. The second-order valence-electron chi connectivity index (χ2n) is 8.25. The van der Waals surface area contributed by atoms with Crippen molar-refractivity contribution in [2.24, 2.45) is 0 Å². The third-order valence-electron chi connectivity index (χ3n) is 5.96.